The lowest BCUT2D eigenvalue weighted by Crippen LogP contribution is -2.06. The van der Waals surface area contributed by atoms with Gasteiger partial charge in [0.1, 0.15) is 11.6 Å². The van der Waals surface area contributed by atoms with Crippen molar-refractivity contribution in [1.29, 1.82) is 0 Å². The summed E-state index contributed by atoms with van der Waals surface area (Å²) in [6, 6.07) is 13.4. The number of rotatable bonds is 7. The fourth-order valence-electron chi connectivity index (χ4n) is 2.52. The third-order valence-corrected chi connectivity index (χ3v) is 3.85. The molecule has 0 radical (unpaired) electrons. The number of aromatic nitrogens is 2. The molecule has 0 unspecified atom stereocenters. The summed E-state index contributed by atoms with van der Waals surface area (Å²) in [6.07, 6.45) is 6.87. The Kier molecular flexibility index (Phi) is 5.49. The predicted octanol–water partition coefficient (Wildman–Crippen LogP) is 3.80. The van der Waals surface area contributed by atoms with Crippen molar-refractivity contribution >= 4 is 17.6 Å². The van der Waals surface area contributed by atoms with Crippen molar-refractivity contribution < 1.29 is 14.0 Å². The molecular weight excluding hydrogens is 331 g/mol. The number of imidazole rings is 1. The molecule has 0 saturated carbocycles. The van der Waals surface area contributed by atoms with E-state index in [1.165, 1.54) is 24.4 Å². The normalized spacial score (nSPS) is 11.0. The molecule has 1 N–H and O–H groups in total. The smallest absolute Gasteiger partial charge is 0.221 e. The first-order valence-corrected chi connectivity index (χ1v) is 8.17. The third-order valence-electron chi connectivity index (χ3n) is 3.85. The summed E-state index contributed by atoms with van der Waals surface area (Å²) in [7, 11) is 0. The molecule has 1 aromatic heterocycles. The number of carbonyl (C=O) groups excluding carboxylic acids is 2. The van der Waals surface area contributed by atoms with Crippen LogP contribution in [0.3, 0.4) is 0 Å². The van der Waals surface area contributed by atoms with Gasteiger partial charge in [-0.3, -0.25) is 9.59 Å². The van der Waals surface area contributed by atoms with E-state index in [1.54, 1.807) is 24.4 Å². The number of carbonyl (C=O) groups is 2. The van der Waals surface area contributed by atoms with Gasteiger partial charge >= 0.3 is 0 Å². The van der Waals surface area contributed by atoms with Gasteiger partial charge in [-0.25, -0.2) is 9.37 Å². The minimum absolute atomic E-state index is 0.0629. The van der Waals surface area contributed by atoms with Gasteiger partial charge in [0.05, 0.1) is 0 Å². The highest BCUT2D eigenvalue weighted by Gasteiger charge is 2.06. The molecule has 3 aromatic rings. The van der Waals surface area contributed by atoms with E-state index in [-0.39, 0.29) is 23.8 Å². The highest BCUT2D eigenvalue weighted by Crippen LogP contribution is 2.10. The van der Waals surface area contributed by atoms with Crippen LogP contribution in [-0.4, -0.2) is 21.5 Å². The first-order valence-electron chi connectivity index (χ1n) is 8.17. The Bertz CT molecular complexity index is 912. The average molecular weight is 348 g/mol. The number of aromatic amines is 1. The largest absolute Gasteiger partial charge is 0.342 e. The van der Waals surface area contributed by atoms with Crippen LogP contribution in [0.2, 0.25) is 0 Å². The van der Waals surface area contributed by atoms with Gasteiger partial charge in [-0.1, -0.05) is 42.5 Å². The van der Waals surface area contributed by atoms with Crippen molar-refractivity contribution in [3.8, 4) is 0 Å². The van der Waals surface area contributed by atoms with Crippen molar-refractivity contribution in [3.05, 3.63) is 95.3 Å². The number of nitrogens with zero attached hydrogens (tertiary/aromatic N) is 1. The number of hydrogen-bond acceptors (Lipinski definition) is 3. The lowest BCUT2D eigenvalue weighted by atomic mass is 10.0. The summed E-state index contributed by atoms with van der Waals surface area (Å²) in [5.41, 5.74) is 2.55. The molecule has 3 rings (SSSR count). The number of nitrogens with one attached hydrogen (secondary N) is 1. The molecule has 0 aliphatic heterocycles. The summed E-state index contributed by atoms with van der Waals surface area (Å²) in [5.74, 6) is -0.152. The zero-order chi connectivity index (χ0) is 18.4. The van der Waals surface area contributed by atoms with Gasteiger partial charge in [0.25, 0.3) is 0 Å². The van der Waals surface area contributed by atoms with E-state index in [1.807, 2.05) is 24.3 Å². The van der Waals surface area contributed by atoms with E-state index in [0.29, 0.717) is 12.2 Å². The standard InChI is InChI=1S/C21H17FN2O2/c22-18-8-5-17(6-9-18)14-19(25)13-16-3-1-15(2-4-16)7-10-20(26)21-23-11-12-24-21/h1-12H,13-14H2,(H,23,24)/b10-7+. The molecule has 5 heteroatoms. The van der Waals surface area contributed by atoms with Crippen LogP contribution < -0.4 is 0 Å². The second-order valence-corrected chi connectivity index (χ2v) is 5.90. The summed E-state index contributed by atoms with van der Waals surface area (Å²) in [5, 5.41) is 0. The first kappa shape index (κ1) is 17.5. The van der Waals surface area contributed by atoms with Crippen LogP contribution in [0.25, 0.3) is 6.08 Å². The summed E-state index contributed by atoms with van der Waals surface area (Å²) < 4.78 is 12.9. The van der Waals surface area contributed by atoms with E-state index in [9.17, 15) is 14.0 Å². The molecule has 0 amide bonds. The quantitative estimate of drug-likeness (QED) is 0.522. The average Bonchev–Trinajstić information content (AvgIpc) is 3.17. The molecule has 2 aromatic carbocycles. The van der Waals surface area contributed by atoms with Crippen molar-refractivity contribution in [2.24, 2.45) is 0 Å². The van der Waals surface area contributed by atoms with E-state index >= 15 is 0 Å². The Labute approximate surface area is 150 Å². The van der Waals surface area contributed by atoms with Gasteiger partial charge in [-0.05, 0) is 34.9 Å². The van der Waals surface area contributed by atoms with Crippen molar-refractivity contribution in [2.45, 2.75) is 12.8 Å². The van der Waals surface area contributed by atoms with E-state index in [0.717, 1.165) is 16.7 Å². The molecule has 0 fully saturated rings. The Morgan fingerprint density at radius 3 is 2.15 bits per heavy atom. The van der Waals surface area contributed by atoms with Crippen LogP contribution in [0.5, 0.6) is 0 Å². The maximum absolute atomic E-state index is 12.9. The molecule has 0 aliphatic rings. The molecule has 4 nitrogen and oxygen atoms in total. The molecule has 130 valence electrons. The number of ketones is 2. The molecular formula is C21H17FN2O2. The second-order valence-electron chi connectivity index (χ2n) is 5.90. The second kappa shape index (κ2) is 8.16. The maximum atomic E-state index is 12.9. The van der Waals surface area contributed by atoms with Crippen molar-refractivity contribution in [1.82, 2.24) is 9.97 Å². The molecule has 0 aliphatic carbocycles. The highest BCUT2D eigenvalue weighted by molar-refractivity contribution is 6.04. The van der Waals surface area contributed by atoms with Crippen LogP contribution in [-0.2, 0) is 17.6 Å². The number of Topliss-reactive ketones (excluding diaryl/α,β-unsaturated/α-hetero) is 1. The number of allylic oxidation sites excluding steroid dienone is 1. The molecule has 0 saturated heterocycles. The van der Waals surface area contributed by atoms with Crippen LogP contribution in [0.1, 0.15) is 27.3 Å². The van der Waals surface area contributed by atoms with Gasteiger partial charge in [-0.2, -0.15) is 0 Å². The maximum Gasteiger partial charge on any atom is 0.221 e. The summed E-state index contributed by atoms with van der Waals surface area (Å²) in [4.78, 5) is 30.6. The zero-order valence-corrected chi connectivity index (χ0v) is 14.0. The minimum atomic E-state index is -0.310. The Morgan fingerprint density at radius 1 is 0.962 bits per heavy atom. The monoisotopic (exact) mass is 348 g/mol. The van der Waals surface area contributed by atoms with Gasteiger partial charge in [0, 0.05) is 25.2 Å². The minimum Gasteiger partial charge on any atom is -0.342 e. The van der Waals surface area contributed by atoms with Crippen LogP contribution in [0.15, 0.2) is 67.0 Å². The molecule has 0 atom stereocenters. The topological polar surface area (TPSA) is 62.8 Å². The number of benzene rings is 2. The molecule has 26 heavy (non-hydrogen) atoms. The first-order chi connectivity index (χ1) is 12.6. The summed E-state index contributed by atoms with van der Waals surface area (Å²) >= 11 is 0. The van der Waals surface area contributed by atoms with Gasteiger partial charge < -0.3 is 4.98 Å². The number of halogens is 1. The van der Waals surface area contributed by atoms with Gasteiger partial charge in [-0.15, -0.1) is 0 Å². The molecule has 0 spiro atoms. The Morgan fingerprint density at radius 2 is 1.58 bits per heavy atom. The van der Waals surface area contributed by atoms with Crippen LogP contribution in [0.4, 0.5) is 4.39 Å². The van der Waals surface area contributed by atoms with Crippen LogP contribution >= 0.6 is 0 Å². The fraction of sp³-hybridized carbons (Fsp3) is 0.0952. The van der Waals surface area contributed by atoms with E-state index in [4.69, 9.17) is 0 Å². The zero-order valence-electron chi connectivity index (χ0n) is 14.0. The number of H-pyrrole nitrogens is 1. The van der Waals surface area contributed by atoms with Crippen molar-refractivity contribution in [3.63, 3.8) is 0 Å². The SMILES string of the molecule is O=C(Cc1ccc(F)cc1)Cc1ccc(/C=C/C(=O)c2ncc[nH]2)cc1. The fourth-order valence-corrected chi connectivity index (χ4v) is 2.52. The Hall–Kier alpha value is -3.34. The summed E-state index contributed by atoms with van der Waals surface area (Å²) in [6.45, 7) is 0. The molecule has 0 bridgehead atoms. The van der Waals surface area contributed by atoms with Crippen LogP contribution in [0, 0.1) is 5.82 Å². The molecule has 1 heterocycles. The van der Waals surface area contributed by atoms with Crippen molar-refractivity contribution in [2.75, 3.05) is 0 Å². The predicted molar refractivity (Wildman–Crippen MR) is 97.2 cm³/mol. The lowest BCUT2D eigenvalue weighted by molar-refractivity contribution is -0.117. The number of hydrogen-bond donors (Lipinski definition) is 1. The lowest BCUT2D eigenvalue weighted by Gasteiger charge is -2.03. The van der Waals surface area contributed by atoms with Gasteiger partial charge in [0.15, 0.2) is 5.82 Å². The van der Waals surface area contributed by atoms with E-state index < -0.39 is 0 Å². The highest BCUT2D eigenvalue weighted by atomic mass is 19.1. The third kappa shape index (κ3) is 4.83. The van der Waals surface area contributed by atoms with E-state index in [2.05, 4.69) is 9.97 Å². The Balaban J connectivity index is 1.56. The van der Waals surface area contributed by atoms with Gasteiger partial charge in [0.2, 0.25) is 5.78 Å².